The lowest BCUT2D eigenvalue weighted by molar-refractivity contribution is 1.52. The van der Waals surface area contributed by atoms with Crippen LogP contribution in [0.4, 0.5) is 0 Å². The van der Waals surface area contributed by atoms with Crippen LogP contribution in [0.25, 0.3) is 0 Å². The maximum Gasteiger partial charge on any atom is 1.00 e. The molecule has 0 unspecified atom stereocenters. The number of rotatable bonds is 1. The highest BCUT2D eigenvalue weighted by Crippen LogP contribution is 1.75. The van der Waals surface area contributed by atoms with Gasteiger partial charge in [0, 0.05) is 11.8 Å². The smallest absolute Gasteiger partial charge is 0.125 e. The fraction of sp³-hybridized carbons (Fsp3) is 1.00. The van der Waals surface area contributed by atoms with Gasteiger partial charge in [-0.25, -0.2) is 0 Å². The van der Waals surface area contributed by atoms with Crippen LogP contribution in [-0.2, 0) is 0 Å². The molecule has 0 aliphatic rings. The molecule has 0 aromatic carbocycles. The molecule has 0 saturated carbocycles. The first-order valence-electron chi connectivity index (χ1n) is 1.03. The zero-order valence-electron chi connectivity index (χ0n) is 3.17. The third kappa shape index (κ3) is 2.58. The first-order valence-corrected chi connectivity index (χ1v) is 2.10. The van der Waals surface area contributed by atoms with Crippen molar-refractivity contribution in [3.8, 4) is 0 Å². The predicted molar refractivity (Wildman–Crippen MR) is 22.6 cm³/mol. The van der Waals surface area contributed by atoms with Crippen molar-refractivity contribution in [2.75, 3.05) is 11.8 Å². The van der Waals surface area contributed by atoms with E-state index in [-0.39, 0.29) is 1.43 Å². The third-order valence-corrected chi connectivity index (χ3v) is 0.643. The average molecular weight is 100.0 g/mol. The zero-order valence-corrected chi connectivity index (χ0v) is 3.68. The summed E-state index contributed by atoms with van der Waals surface area (Å²) in [4.78, 5) is 0. The van der Waals surface area contributed by atoms with E-state index in [1.807, 2.05) is 0 Å². The molecule has 0 aromatic heterocycles. The molecule has 0 aliphatic carbocycles. The zero-order chi connectivity index (χ0) is 3.41. The minimum Gasteiger partial charge on any atom is -0.125 e. The van der Waals surface area contributed by atoms with Crippen molar-refractivity contribution >= 4 is 23.2 Å². The SMILES string of the molecule is ClCCCl.[H+]. The minimum atomic E-state index is 0. The van der Waals surface area contributed by atoms with Crippen LogP contribution >= 0.6 is 23.2 Å². The maximum absolute atomic E-state index is 5.05. The van der Waals surface area contributed by atoms with E-state index in [0.717, 1.165) is 0 Å². The van der Waals surface area contributed by atoms with Crippen molar-refractivity contribution < 1.29 is 1.43 Å². The molecule has 0 atom stereocenters. The van der Waals surface area contributed by atoms with Crippen LogP contribution in [-0.4, -0.2) is 11.8 Å². The van der Waals surface area contributed by atoms with Crippen LogP contribution in [0.1, 0.15) is 1.43 Å². The summed E-state index contributed by atoms with van der Waals surface area (Å²) in [5.41, 5.74) is 0. The van der Waals surface area contributed by atoms with Gasteiger partial charge in [-0.15, -0.1) is 23.2 Å². The summed E-state index contributed by atoms with van der Waals surface area (Å²) in [6.45, 7) is 0. The molecule has 4 heavy (non-hydrogen) atoms. The molecule has 0 nitrogen and oxygen atoms in total. The van der Waals surface area contributed by atoms with E-state index in [9.17, 15) is 0 Å². The molecule has 0 rings (SSSR count). The molecular weight excluding hydrogens is 94.9 g/mol. The van der Waals surface area contributed by atoms with Crippen LogP contribution in [0, 0.1) is 0 Å². The van der Waals surface area contributed by atoms with Crippen molar-refractivity contribution in [2.24, 2.45) is 0 Å². The van der Waals surface area contributed by atoms with Crippen molar-refractivity contribution in [3.05, 3.63) is 0 Å². The van der Waals surface area contributed by atoms with Gasteiger partial charge in [-0.1, -0.05) is 0 Å². The molecule has 0 radical (unpaired) electrons. The number of halogens is 2. The topological polar surface area (TPSA) is 0 Å². The molecule has 0 saturated heterocycles. The minimum absolute atomic E-state index is 0. The van der Waals surface area contributed by atoms with E-state index >= 15 is 0 Å². The van der Waals surface area contributed by atoms with Gasteiger partial charge >= 0.3 is 1.43 Å². The molecule has 0 aromatic rings. The Bertz CT molecular complexity index is 9.61. The van der Waals surface area contributed by atoms with Crippen molar-refractivity contribution in [1.82, 2.24) is 0 Å². The lowest BCUT2D eigenvalue weighted by Crippen LogP contribution is -1.63. The Morgan fingerprint density at radius 2 is 1.50 bits per heavy atom. The summed E-state index contributed by atoms with van der Waals surface area (Å²) in [7, 11) is 0. The van der Waals surface area contributed by atoms with E-state index in [1.165, 1.54) is 0 Å². The normalized spacial score (nSPS) is 7.50. The van der Waals surface area contributed by atoms with Crippen molar-refractivity contribution in [2.45, 2.75) is 0 Å². The van der Waals surface area contributed by atoms with Gasteiger partial charge in [0.15, 0.2) is 0 Å². The van der Waals surface area contributed by atoms with Crippen LogP contribution in [0.5, 0.6) is 0 Å². The lowest BCUT2D eigenvalue weighted by Gasteiger charge is -1.63. The highest BCUT2D eigenvalue weighted by molar-refractivity contribution is 6.25. The third-order valence-electron chi connectivity index (χ3n) is 0.0714. The second kappa shape index (κ2) is 3.58. The fourth-order valence-electron chi connectivity index (χ4n) is 0. The van der Waals surface area contributed by atoms with Crippen LogP contribution < -0.4 is 0 Å². The molecule has 2 heteroatoms. The Hall–Kier alpha value is 0.580. The Morgan fingerprint density at radius 1 is 1.25 bits per heavy atom. The van der Waals surface area contributed by atoms with Crippen molar-refractivity contribution in [3.63, 3.8) is 0 Å². The second-order valence-corrected chi connectivity index (χ2v) is 1.13. The van der Waals surface area contributed by atoms with Crippen molar-refractivity contribution in [1.29, 1.82) is 0 Å². The summed E-state index contributed by atoms with van der Waals surface area (Å²) in [6, 6.07) is 0. The monoisotopic (exact) mass is 99.0 g/mol. The molecular formula is C2H5Cl2+. The Balaban J connectivity index is 0. The first kappa shape index (κ1) is 4.58. The fourth-order valence-corrected chi connectivity index (χ4v) is 0. The highest BCUT2D eigenvalue weighted by Gasteiger charge is 1.61. The van der Waals surface area contributed by atoms with Gasteiger partial charge < -0.3 is 0 Å². The van der Waals surface area contributed by atoms with Crippen LogP contribution in [0.15, 0.2) is 0 Å². The van der Waals surface area contributed by atoms with Gasteiger partial charge in [0.1, 0.15) is 0 Å². The molecule has 0 aliphatic heterocycles. The van der Waals surface area contributed by atoms with Gasteiger partial charge in [0.2, 0.25) is 0 Å². The number of hydrogen-bond acceptors (Lipinski definition) is 0. The second-order valence-electron chi connectivity index (χ2n) is 0.378. The van der Waals surface area contributed by atoms with E-state index in [2.05, 4.69) is 0 Å². The average Bonchev–Trinajstić information content (AvgIpc) is 1.37. The lowest BCUT2D eigenvalue weighted by atomic mass is 11.0. The Morgan fingerprint density at radius 3 is 1.50 bits per heavy atom. The Kier molecular flexibility index (Phi) is 4.10. The quantitative estimate of drug-likeness (QED) is 0.439. The number of hydrogen-bond donors (Lipinski definition) is 0. The van der Waals surface area contributed by atoms with Gasteiger partial charge in [-0.2, -0.15) is 0 Å². The summed E-state index contributed by atoms with van der Waals surface area (Å²) in [5.74, 6) is 1.11. The first-order chi connectivity index (χ1) is 1.91. The van der Waals surface area contributed by atoms with E-state index in [1.54, 1.807) is 0 Å². The van der Waals surface area contributed by atoms with E-state index < -0.39 is 0 Å². The van der Waals surface area contributed by atoms with Gasteiger partial charge in [0.25, 0.3) is 0 Å². The maximum atomic E-state index is 5.05. The summed E-state index contributed by atoms with van der Waals surface area (Å²) in [6.07, 6.45) is 0. The van der Waals surface area contributed by atoms with E-state index in [4.69, 9.17) is 23.2 Å². The van der Waals surface area contributed by atoms with Crippen LogP contribution in [0.3, 0.4) is 0 Å². The molecule has 26 valence electrons. The van der Waals surface area contributed by atoms with Gasteiger partial charge in [-0.3, -0.25) is 0 Å². The molecule has 0 heterocycles. The predicted octanol–water partition coefficient (Wildman–Crippen LogP) is 1.58. The van der Waals surface area contributed by atoms with Gasteiger partial charge in [-0.05, 0) is 0 Å². The molecule has 0 fully saturated rings. The largest absolute Gasteiger partial charge is 1.00 e. The standard InChI is InChI=1S/C2H4Cl2/c3-1-2-4/h1-2H2/p+1. The van der Waals surface area contributed by atoms with Gasteiger partial charge in [0.05, 0.1) is 0 Å². The van der Waals surface area contributed by atoms with E-state index in [0.29, 0.717) is 11.8 Å². The summed E-state index contributed by atoms with van der Waals surface area (Å²) < 4.78 is 0. The molecule has 0 spiro atoms. The number of alkyl halides is 2. The molecule has 0 amide bonds. The summed E-state index contributed by atoms with van der Waals surface area (Å²) in [5, 5.41) is 0. The molecule has 0 N–H and O–H groups in total. The molecule has 0 bridgehead atoms. The summed E-state index contributed by atoms with van der Waals surface area (Å²) >= 11 is 10.1. The highest BCUT2D eigenvalue weighted by atomic mass is 35.5. The Labute approximate surface area is 37.2 Å². The van der Waals surface area contributed by atoms with Crippen LogP contribution in [0.2, 0.25) is 0 Å².